The van der Waals surface area contributed by atoms with Crippen LogP contribution in [0.2, 0.25) is 0 Å². The van der Waals surface area contributed by atoms with Crippen molar-refractivity contribution in [2.45, 2.75) is 45.4 Å². The van der Waals surface area contributed by atoms with Gasteiger partial charge in [0.05, 0.1) is 0 Å². The maximum absolute atomic E-state index is 8.41. The van der Waals surface area contributed by atoms with Crippen LogP contribution in [0.25, 0.3) is 0 Å². The largest absolute Gasteiger partial charge is 0.396 e. The predicted octanol–water partition coefficient (Wildman–Crippen LogP) is 2.54. The zero-order valence-corrected chi connectivity index (χ0v) is 6.97. The molecule has 10 heavy (non-hydrogen) atoms. The standard InChI is InChI=1S/C9H19O/c1-2-3-4-5-6-7-8-9-10/h8,10H,2-7,9H2,1H3. The van der Waals surface area contributed by atoms with Gasteiger partial charge in [-0.05, 0) is 12.8 Å². The Morgan fingerprint density at radius 2 is 1.80 bits per heavy atom. The van der Waals surface area contributed by atoms with Crippen molar-refractivity contribution < 1.29 is 5.11 Å². The molecule has 0 spiro atoms. The predicted molar refractivity (Wildman–Crippen MR) is 44.8 cm³/mol. The summed E-state index contributed by atoms with van der Waals surface area (Å²) in [7, 11) is 0. The summed E-state index contributed by atoms with van der Waals surface area (Å²) in [5.41, 5.74) is 0. The molecule has 0 amide bonds. The van der Waals surface area contributed by atoms with Gasteiger partial charge in [0.15, 0.2) is 0 Å². The molecule has 0 aliphatic carbocycles. The van der Waals surface area contributed by atoms with E-state index in [1.54, 1.807) is 0 Å². The Morgan fingerprint density at radius 1 is 1.10 bits per heavy atom. The third-order valence-electron chi connectivity index (χ3n) is 1.64. The van der Waals surface area contributed by atoms with Crippen molar-refractivity contribution in [2.75, 3.05) is 6.61 Å². The van der Waals surface area contributed by atoms with E-state index in [0.717, 1.165) is 6.42 Å². The molecule has 0 aromatic rings. The molecule has 0 unspecified atom stereocenters. The normalized spacial score (nSPS) is 10.2. The lowest BCUT2D eigenvalue weighted by atomic mass is 10.1. The summed E-state index contributed by atoms with van der Waals surface area (Å²) in [4.78, 5) is 0. The fourth-order valence-corrected chi connectivity index (χ4v) is 0.984. The monoisotopic (exact) mass is 143 g/mol. The van der Waals surface area contributed by atoms with Crippen LogP contribution in [0.1, 0.15) is 45.4 Å². The Kier molecular flexibility index (Phi) is 8.92. The quantitative estimate of drug-likeness (QED) is 0.543. The van der Waals surface area contributed by atoms with Crippen LogP contribution in [-0.2, 0) is 0 Å². The highest BCUT2D eigenvalue weighted by molar-refractivity contribution is 4.61. The summed E-state index contributed by atoms with van der Waals surface area (Å²) in [6.07, 6.45) is 9.62. The fourth-order valence-electron chi connectivity index (χ4n) is 0.984. The lowest BCUT2D eigenvalue weighted by Crippen LogP contribution is -1.84. The molecule has 0 saturated heterocycles. The van der Waals surface area contributed by atoms with Crippen LogP contribution in [-0.4, -0.2) is 11.7 Å². The van der Waals surface area contributed by atoms with Crippen LogP contribution >= 0.6 is 0 Å². The third-order valence-corrected chi connectivity index (χ3v) is 1.64. The minimum atomic E-state index is 0.244. The Balaban J connectivity index is 2.65. The first-order valence-corrected chi connectivity index (χ1v) is 4.34. The maximum Gasteiger partial charge on any atom is 0.0462 e. The van der Waals surface area contributed by atoms with Crippen molar-refractivity contribution in [3.63, 3.8) is 0 Å². The average molecular weight is 143 g/mol. The van der Waals surface area contributed by atoms with Crippen molar-refractivity contribution in [1.82, 2.24) is 0 Å². The molecule has 0 aromatic carbocycles. The first-order valence-electron chi connectivity index (χ1n) is 4.34. The highest BCUT2D eigenvalue weighted by atomic mass is 16.2. The number of hydrogen-bond acceptors (Lipinski definition) is 1. The molecule has 1 heteroatoms. The summed E-state index contributed by atoms with van der Waals surface area (Å²) in [5, 5.41) is 8.41. The Bertz CT molecular complexity index is 44.7. The van der Waals surface area contributed by atoms with Crippen molar-refractivity contribution in [3.8, 4) is 0 Å². The Hall–Kier alpha value is -0.0400. The van der Waals surface area contributed by atoms with Gasteiger partial charge in [0, 0.05) is 6.61 Å². The van der Waals surface area contributed by atoms with Gasteiger partial charge in [-0.3, -0.25) is 0 Å². The fraction of sp³-hybridized carbons (Fsp3) is 0.889. The highest BCUT2D eigenvalue weighted by Crippen LogP contribution is 2.05. The zero-order chi connectivity index (χ0) is 7.66. The van der Waals surface area contributed by atoms with Crippen LogP contribution in [0.3, 0.4) is 0 Å². The van der Waals surface area contributed by atoms with Gasteiger partial charge in [-0.1, -0.05) is 39.0 Å². The van der Waals surface area contributed by atoms with Gasteiger partial charge in [0.2, 0.25) is 0 Å². The second-order valence-corrected chi connectivity index (χ2v) is 2.67. The molecule has 0 aromatic heterocycles. The molecule has 61 valence electrons. The van der Waals surface area contributed by atoms with E-state index < -0.39 is 0 Å². The molecule has 1 N–H and O–H groups in total. The van der Waals surface area contributed by atoms with Crippen LogP contribution in [0.5, 0.6) is 0 Å². The highest BCUT2D eigenvalue weighted by Gasteiger charge is 1.88. The van der Waals surface area contributed by atoms with Gasteiger partial charge in [-0.2, -0.15) is 0 Å². The van der Waals surface area contributed by atoms with Crippen LogP contribution in [0.15, 0.2) is 0 Å². The summed E-state index contributed by atoms with van der Waals surface area (Å²) in [6, 6.07) is 0. The molecule has 0 atom stereocenters. The van der Waals surface area contributed by atoms with Crippen molar-refractivity contribution in [3.05, 3.63) is 6.42 Å². The number of unbranched alkanes of at least 4 members (excludes halogenated alkanes) is 6. The van der Waals surface area contributed by atoms with Crippen molar-refractivity contribution in [2.24, 2.45) is 0 Å². The number of hydrogen-bond donors (Lipinski definition) is 1. The average Bonchev–Trinajstić information content (AvgIpc) is 1.97. The van der Waals surface area contributed by atoms with Gasteiger partial charge >= 0.3 is 0 Å². The van der Waals surface area contributed by atoms with E-state index in [9.17, 15) is 0 Å². The summed E-state index contributed by atoms with van der Waals surface area (Å²) >= 11 is 0. The van der Waals surface area contributed by atoms with Gasteiger partial charge in [0.25, 0.3) is 0 Å². The van der Waals surface area contributed by atoms with Crippen molar-refractivity contribution in [1.29, 1.82) is 0 Å². The molecule has 0 saturated carbocycles. The SMILES string of the molecule is CCCCCCC[CH]CO. The lowest BCUT2D eigenvalue weighted by Gasteiger charge is -1.97. The van der Waals surface area contributed by atoms with E-state index in [2.05, 4.69) is 6.92 Å². The molecule has 0 bridgehead atoms. The lowest BCUT2D eigenvalue weighted by molar-refractivity contribution is 0.322. The molecular formula is C9H19O. The minimum absolute atomic E-state index is 0.244. The molecule has 0 aliphatic heterocycles. The number of aliphatic hydroxyl groups excluding tert-OH is 1. The van der Waals surface area contributed by atoms with Crippen LogP contribution in [0.4, 0.5) is 0 Å². The van der Waals surface area contributed by atoms with Gasteiger partial charge < -0.3 is 5.11 Å². The van der Waals surface area contributed by atoms with E-state index in [1.165, 1.54) is 32.1 Å². The smallest absolute Gasteiger partial charge is 0.0462 e. The first kappa shape index (κ1) is 9.96. The van der Waals surface area contributed by atoms with E-state index in [0.29, 0.717) is 0 Å². The molecule has 0 rings (SSSR count). The van der Waals surface area contributed by atoms with Crippen molar-refractivity contribution >= 4 is 0 Å². The summed E-state index contributed by atoms with van der Waals surface area (Å²) < 4.78 is 0. The summed E-state index contributed by atoms with van der Waals surface area (Å²) in [6.45, 7) is 2.47. The van der Waals surface area contributed by atoms with E-state index in [1.807, 2.05) is 6.42 Å². The van der Waals surface area contributed by atoms with E-state index in [-0.39, 0.29) is 6.61 Å². The zero-order valence-electron chi connectivity index (χ0n) is 6.97. The Morgan fingerprint density at radius 3 is 2.40 bits per heavy atom. The first-order chi connectivity index (χ1) is 4.91. The van der Waals surface area contributed by atoms with Crippen LogP contribution < -0.4 is 0 Å². The molecule has 1 nitrogen and oxygen atoms in total. The van der Waals surface area contributed by atoms with E-state index >= 15 is 0 Å². The molecule has 0 heterocycles. The topological polar surface area (TPSA) is 20.2 Å². The number of rotatable bonds is 7. The summed E-state index contributed by atoms with van der Waals surface area (Å²) in [5.74, 6) is 0. The minimum Gasteiger partial charge on any atom is -0.396 e. The van der Waals surface area contributed by atoms with Gasteiger partial charge in [0.1, 0.15) is 0 Å². The molecule has 0 fully saturated rings. The van der Waals surface area contributed by atoms with Crippen LogP contribution in [0, 0.1) is 6.42 Å². The number of aliphatic hydroxyl groups is 1. The maximum atomic E-state index is 8.41. The Labute approximate surface area is 64.5 Å². The second kappa shape index (κ2) is 8.96. The van der Waals surface area contributed by atoms with E-state index in [4.69, 9.17) is 5.11 Å². The third kappa shape index (κ3) is 7.96. The molecule has 0 aliphatic rings. The van der Waals surface area contributed by atoms with Gasteiger partial charge in [-0.15, -0.1) is 0 Å². The molecular weight excluding hydrogens is 124 g/mol. The second-order valence-electron chi connectivity index (χ2n) is 2.67. The van der Waals surface area contributed by atoms with Gasteiger partial charge in [-0.25, -0.2) is 0 Å². The molecule has 1 radical (unpaired) electrons.